The smallest absolute Gasteiger partial charge is 0.320 e. The normalized spacial score (nSPS) is 27.9. The fourth-order valence-corrected chi connectivity index (χ4v) is 2.89. The Morgan fingerprint density at radius 3 is 2.37 bits per heavy atom. The SMILES string of the molecule is CN(C)C1CCN(C(=O)N2CCC[C@@H](C(=O)O)C2)C1. The molecule has 19 heavy (non-hydrogen) atoms. The van der Waals surface area contributed by atoms with Crippen LogP contribution in [0.1, 0.15) is 19.3 Å². The van der Waals surface area contributed by atoms with E-state index < -0.39 is 11.9 Å². The van der Waals surface area contributed by atoms with E-state index in [4.69, 9.17) is 5.11 Å². The molecule has 0 radical (unpaired) electrons. The standard InChI is InChI=1S/C13H23N3O3/c1-14(2)11-5-7-16(9-11)13(19)15-6-3-4-10(8-15)12(17)18/h10-11H,3-9H2,1-2H3,(H,17,18)/t10-,11?/m1/s1. The Balaban J connectivity index is 1.91. The number of hydrogen-bond acceptors (Lipinski definition) is 3. The molecular weight excluding hydrogens is 246 g/mol. The number of urea groups is 1. The second-order valence-corrected chi connectivity index (χ2v) is 5.76. The highest BCUT2D eigenvalue weighted by molar-refractivity contribution is 5.77. The molecule has 2 rings (SSSR count). The van der Waals surface area contributed by atoms with Gasteiger partial charge in [-0.1, -0.05) is 0 Å². The average molecular weight is 269 g/mol. The minimum Gasteiger partial charge on any atom is -0.481 e. The van der Waals surface area contributed by atoms with Crippen molar-refractivity contribution in [1.29, 1.82) is 0 Å². The molecule has 0 saturated carbocycles. The first-order chi connectivity index (χ1) is 8.99. The van der Waals surface area contributed by atoms with Crippen molar-refractivity contribution in [2.75, 3.05) is 40.3 Å². The Kier molecular flexibility index (Phi) is 4.29. The number of carbonyl (C=O) groups excluding carboxylic acids is 1. The maximum absolute atomic E-state index is 12.4. The zero-order valence-electron chi connectivity index (χ0n) is 11.7. The molecule has 0 aliphatic carbocycles. The van der Waals surface area contributed by atoms with E-state index in [0.29, 0.717) is 25.6 Å². The van der Waals surface area contributed by atoms with E-state index in [9.17, 15) is 9.59 Å². The number of amides is 2. The van der Waals surface area contributed by atoms with Crippen molar-refractivity contribution < 1.29 is 14.7 Å². The Bertz CT molecular complexity index is 359. The van der Waals surface area contributed by atoms with Crippen LogP contribution in [-0.4, -0.2) is 78.1 Å². The van der Waals surface area contributed by atoms with Gasteiger partial charge in [0, 0.05) is 32.2 Å². The summed E-state index contributed by atoms with van der Waals surface area (Å²) in [5, 5.41) is 9.06. The number of nitrogens with zero attached hydrogens (tertiary/aromatic N) is 3. The number of carboxylic acid groups (broad SMARTS) is 1. The lowest BCUT2D eigenvalue weighted by Crippen LogP contribution is -2.48. The monoisotopic (exact) mass is 269 g/mol. The lowest BCUT2D eigenvalue weighted by atomic mass is 9.99. The van der Waals surface area contributed by atoms with Crippen molar-refractivity contribution in [3.63, 3.8) is 0 Å². The molecule has 6 nitrogen and oxygen atoms in total. The van der Waals surface area contributed by atoms with Gasteiger partial charge >= 0.3 is 12.0 Å². The summed E-state index contributed by atoms with van der Waals surface area (Å²) in [6.07, 6.45) is 2.46. The molecule has 0 aromatic rings. The number of carbonyl (C=O) groups is 2. The Morgan fingerprint density at radius 1 is 1.11 bits per heavy atom. The summed E-state index contributed by atoms with van der Waals surface area (Å²) in [6, 6.07) is 0.430. The van der Waals surface area contributed by atoms with E-state index in [0.717, 1.165) is 25.9 Å². The molecule has 0 aromatic carbocycles. The summed E-state index contributed by atoms with van der Waals surface area (Å²) in [4.78, 5) is 29.1. The van der Waals surface area contributed by atoms with Crippen LogP contribution < -0.4 is 0 Å². The third kappa shape index (κ3) is 3.18. The fourth-order valence-electron chi connectivity index (χ4n) is 2.89. The Labute approximate surface area is 114 Å². The van der Waals surface area contributed by atoms with Crippen LogP contribution >= 0.6 is 0 Å². The highest BCUT2D eigenvalue weighted by Gasteiger charge is 2.34. The maximum Gasteiger partial charge on any atom is 0.320 e. The predicted octanol–water partition coefficient (Wildman–Crippen LogP) is 0.539. The average Bonchev–Trinajstić information content (AvgIpc) is 2.87. The van der Waals surface area contributed by atoms with Gasteiger partial charge in [0.1, 0.15) is 0 Å². The lowest BCUT2D eigenvalue weighted by Gasteiger charge is -2.34. The predicted molar refractivity (Wildman–Crippen MR) is 71.0 cm³/mol. The van der Waals surface area contributed by atoms with Gasteiger partial charge in [0.25, 0.3) is 0 Å². The van der Waals surface area contributed by atoms with Crippen LogP contribution in [0.15, 0.2) is 0 Å². The van der Waals surface area contributed by atoms with Gasteiger partial charge in [-0.05, 0) is 33.4 Å². The van der Waals surface area contributed by atoms with E-state index in [1.807, 2.05) is 19.0 Å². The van der Waals surface area contributed by atoms with Crippen LogP contribution in [0.25, 0.3) is 0 Å². The number of likely N-dealkylation sites (tertiary alicyclic amines) is 2. The molecule has 2 atom stereocenters. The van der Waals surface area contributed by atoms with Crippen LogP contribution in [0.4, 0.5) is 4.79 Å². The third-order valence-electron chi connectivity index (χ3n) is 4.21. The van der Waals surface area contributed by atoms with Crippen molar-refractivity contribution in [3.05, 3.63) is 0 Å². The molecule has 0 spiro atoms. The highest BCUT2D eigenvalue weighted by Crippen LogP contribution is 2.20. The van der Waals surface area contributed by atoms with Gasteiger partial charge in [0.15, 0.2) is 0 Å². The van der Waals surface area contributed by atoms with E-state index in [1.165, 1.54) is 0 Å². The molecular formula is C13H23N3O3. The van der Waals surface area contributed by atoms with Crippen molar-refractivity contribution in [2.45, 2.75) is 25.3 Å². The molecule has 2 heterocycles. The first-order valence-electron chi connectivity index (χ1n) is 6.92. The number of rotatable bonds is 2. The van der Waals surface area contributed by atoms with E-state index in [-0.39, 0.29) is 6.03 Å². The number of likely N-dealkylation sites (N-methyl/N-ethyl adjacent to an activating group) is 1. The zero-order valence-corrected chi connectivity index (χ0v) is 11.7. The van der Waals surface area contributed by atoms with Gasteiger partial charge in [-0.3, -0.25) is 4.79 Å². The summed E-state index contributed by atoms with van der Waals surface area (Å²) in [7, 11) is 4.06. The molecule has 2 aliphatic rings. The largest absolute Gasteiger partial charge is 0.481 e. The van der Waals surface area contributed by atoms with Gasteiger partial charge in [0.05, 0.1) is 5.92 Å². The number of hydrogen-bond donors (Lipinski definition) is 1. The second kappa shape index (κ2) is 5.77. The molecule has 2 fully saturated rings. The molecule has 2 amide bonds. The minimum absolute atomic E-state index is 0.00954. The summed E-state index contributed by atoms with van der Waals surface area (Å²) in [5.41, 5.74) is 0. The molecule has 6 heteroatoms. The molecule has 2 aliphatic heterocycles. The molecule has 0 bridgehead atoms. The third-order valence-corrected chi connectivity index (χ3v) is 4.21. The first kappa shape index (κ1) is 14.1. The fraction of sp³-hybridized carbons (Fsp3) is 0.846. The zero-order chi connectivity index (χ0) is 14.0. The van der Waals surface area contributed by atoms with Crippen LogP contribution in [0.3, 0.4) is 0 Å². The lowest BCUT2D eigenvalue weighted by molar-refractivity contribution is -0.143. The Hall–Kier alpha value is -1.30. The van der Waals surface area contributed by atoms with Crippen molar-refractivity contribution in [1.82, 2.24) is 14.7 Å². The quantitative estimate of drug-likeness (QED) is 0.794. The summed E-state index contributed by atoms with van der Waals surface area (Å²) in [5.74, 6) is -1.19. The number of carboxylic acids is 1. The van der Waals surface area contributed by atoms with Gasteiger partial charge in [-0.15, -0.1) is 0 Å². The molecule has 0 aromatic heterocycles. The van der Waals surface area contributed by atoms with Crippen LogP contribution in [-0.2, 0) is 4.79 Å². The highest BCUT2D eigenvalue weighted by atomic mass is 16.4. The van der Waals surface area contributed by atoms with Gasteiger partial charge < -0.3 is 19.8 Å². The van der Waals surface area contributed by atoms with E-state index in [2.05, 4.69) is 4.90 Å². The van der Waals surface area contributed by atoms with E-state index in [1.54, 1.807) is 4.90 Å². The molecule has 1 unspecified atom stereocenters. The summed E-state index contributed by atoms with van der Waals surface area (Å²) in [6.45, 7) is 2.57. The molecule has 1 N–H and O–H groups in total. The number of piperidine rings is 1. The van der Waals surface area contributed by atoms with Crippen molar-refractivity contribution >= 4 is 12.0 Å². The topological polar surface area (TPSA) is 64.1 Å². The Morgan fingerprint density at radius 2 is 1.79 bits per heavy atom. The van der Waals surface area contributed by atoms with Crippen molar-refractivity contribution in [3.8, 4) is 0 Å². The molecule has 108 valence electrons. The van der Waals surface area contributed by atoms with E-state index >= 15 is 0 Å². The number of aliphatic carboxylic acids is 1. The minimum atomic E-state index is -0.787. The summed E-state index contributed by atoms with van der Waals surface area (Å²) >= 11 is 0. The van der Waals surface area contributed by atoms with Gasteiger partial charge in [0.2, 0.25) is 0 Å². The summed E-state index contributed by atoms with van der Waals surface area (Å²) < 4.78 is 0. The molecule has 2 saturated heterocycles. The van der Waals surface area contributed by atoms with Crippen LogP contribution in [0.2, 0.25) is 0 Å². The van der Waals surface area contributed by atoms with Crippen LogP contribution in [0.5, 0.6) is 0 Å². The van der Waals surface area contributed by atoms with Crippen molar-refractivity contribution in [2.24, 2.45) is 5.92 Å². The maximum atomic E-state index is 12.4. The van der Waals surface area contributed by atoms with Gasteiger partial charge in [-0.2, -0.15) is 0 Å². The van der Waals surface area contributed by atoms with Crippen LogP contribution in [0, 0.1) is 5.92 Å². The van der Waals surface area contributed by atoms with Gasteiger partial charge in [-0.25, -0.2) is 4.79 Å². The first-order valence-corrected chi connectivity index (χ1v) is 6.92. The second-order valence-electron chi connectivity index (χ2n) is 5.76.